The van der Waals surface area contributed by atoms with Crippen molar-refractivity contribution in [3.05, 3.63) is 12.3 Å². The number of ketones is 1. The fourth-order valence-corrected chi connectivity index (χ4v) is 2.64. The molecule has 1 aliphatic carbocycles. The monoisotopic (exact) mass is 226 g/mol. The number of carbonyl (C=O) groups excluding carboxylic acids is 2. The van der Waals surface area contributed by atoms with Gasteiger partial charge in [0.1, 0.15) is 23.4 Å². The van der Waals surface area contributed by atoms with Gasteiger partial charge in [0.15, 0.2) is 5.78 Å². The maximum absolute atomic E-state index is 11.8. The van der Waals surface area contributed by atoms with Gasteiger partial charge in [0.05, 0.1) is 0 Å². The minimum Gasteiger partial charge on any atom is -0.428 e. The molecule has 1 spiro atoms. The molecule has 16 heavy (non-hydrogen) atoms. The Bertz CT molecular complexity index is 375. The van der Waals surface area contributed by atoms with Crippen LogP contribution in [0.1, 0.15) is 19.8 Å². The number of Topliss-reactive ketones (excluding diaryl/α,β-unsaturated/α-hetero) is 1. The summed E-state index contributed by atoms with van der Waals surface area (Å²) in [6, 6.07) is 0. The number of aliphatic hydroxyl groups excluding tert-OH is 2. The third-order valence-corrected chi connectivity index (χ3v) is 3.73. The summed E-state index contributed by atoms with van der Waals surface area (Å²) in [5.41, 5.74) is -1.55. The van der Waals surface area contributed by atoms with E-state index in [0.717, 1.165) is 0 Å². The zero-order valence-corrected chi connectivity index (χ0v) is 8.97. The molecule has 1 saturated carbocycles. The first-order valence-electron chi connectivity index (χ1n) is 5.22. The fourth-order valence-electron chi connectivity index (χ4n) is 2.64. The Morgan fingerprint density at radius 2 is 2.00 bits per heavy atom. The first-order valence-corrected chi connectivity index (χ1v) is 5.22. The van der Waals surface area contributed by atoms with Crippen LogP contribution >= 0.6 is 0 Å². The summed E-state index contributed by atoms with van der Waals surface area (Å²) in [6.07, 6.45) is -2.14. The van der Waals surface area contributed by atoms with E-state index in [0.29, 0.717) is 6.42 Å². The Balaban J connectivity index is 2.51. The van der Waals surface area contributed by atoms with Gasteiger partial charge >= 0.3 is 5.97 Å². The number of cyclic esters (lactones) is 1. The Hall–Kier alpha value is -1.20. The average Bonchev–Trinajstić information content (AvgIpc) is 2.45. The van der Waals surface area contributed by atoms with E-state index >= 15 is 0 Å². The van der Waals surface area contributed by atoms with Crippen LogP contribution in [0.25, 0.3) is 0 Å². The summed E-state index contributed by atoms with van der Waals surface area (Å²) in [4.78, 5) is 23.3. The van der Waals surface area contributed by atoms with E-state index in [1.54, 1.807) is 6.92 Å². The van der Waals surface area contributed by atoms with Crippen LogP contribution in [0.3, 0.4) is 0 Å². The summed E-state index contributed by atoms with van der Waals surface area (Å²) < 4.78 is 4.76. The molecule has 2 fully saturated rings. The first kappa shape index (κ1) is 11.3. The summed E-state index contributed by atoms with van der Waals surface area (Å²) in [5.74, 6) is -1.59. The van der Waals surface area contributed by atoms with Gasteiger partial charge in [-0.1, -0.05) is 13.5 Å². The second-order valence-electron chi connectivity index (χ2n) is 4.50. The van der Waals surface area contributed by atoms with Crippen molar-refractivity contribution in [1.29, 1.82) is 0 Å². The zero-order valence-electron chi connectivity index (χ0n) is 8.97. The molecular weight excluding hydrogens is 212 g/mol. The van der Waals surface area contributed by atoms with Gasteiger partial charge in [-0.15, -0.1) is 0 Å². The van der Waals surface area contributed by atoms with Gasteiger partial charge in [0.2, 0.25) is 0 Å². The predicted molar refractivity (Wildman–Crippen MR) is 53.1 cm³/mol. The Labute approximate surface area is 92.7 Å². The number of esters is 1. The van der Waals surface area contributed by atoms with Crippen molar-refractivity contribution in [2.75, 3.05) is 0 Å². The second-order valence-corrected chi connectivity index (χ2v) is 4.50. The first-order chi connectivity index (χ1) is 7.42. The van der Waals surface area contributed by atoms with Crippen LogP contribution in [0.4, 0.5) is 0 Å². The summed E-state index contributed by atoms with van der Waals surface area (Å²) in [5, 5.41) is 19.8. The SMILES string of the molecule is C=C1OC(=O)[C@]2([C@H](C)CCC(=O)[C@@H]2O)[C@@H]1O. The largest absolute Gasteiger partial charge is 0.428 e. The molecule has 2 N–H and O–H groups in total. The van der Waals surface area contributed by atoms with E-state index in [9.17, 15) is 19.8 Å². The van der Waals surface area contributed by atoms with Crippen LogP contribution in [0.15, 0.2) is 12.3 Å². The van der Waals surface area contributed by atoms with Crippen LogP contribution in [0.2, 0.25) is 0 Å². The standard InChI is InChI=1S/C11H14O5/c1-5-3-4-7(12)9(14)11(5)8(13)6(2)16-10(11)15/h5,8-9,13-14H,2-4H2,1H3/t5-,8-,9+,11-/m1/s1. The van der Waals surface area contributed by atoms with Crippen molar-refractivity contribution in [1.82, 2.24) is 0 Å². The molecule has 5 heteroatoms. The molecular formula is C11H14O5. The molecule has 5 nitrogen and oxygen atoms in total. The molecule has 0 amide bonds. The van der Waals surface area contributed by atoms with E-state index in [4.69, 9.17) is 4.74 Å². The molecule has 88 valence electrons. The minimum absolute atomic E-state index is 0.0920. The van der Waals surface area contributed by atoms with E-state index in [1.165, 1.54) is 0 Å². The number of ether oxygens (including phenoxy) is 1. The quantitative estimate of drug-likeness (QED) is 0.557. The molecule has 0 aromatic heterocycles. The zero-order chi connectivity index (χ0) is 12.1. The normalized spacial score (nSPS) is 43.9. The third kappa shape index (κ3) is 1.13. The lowest BCUT2D eigenvalue weighted by atomic mass is 9.62. The summed E-state index contributed by atoms with van der Waals surface area (Å²) >= 11 is 0. The molecule has 2 rings (SSSR count). The fraction of sp³-hybridized carbons (Fsp3) is 0.636. The lowest BCUT2D eigenvalue weighted by Gasteiger charge is -2.40. The highest BCUT2D eigenvalue weighted by Gasteiger charge is 2.65. The van der Waals surface area contributed by atoms with Crippen molar-refractivity contribution in [3.63, 3.8) is 0 Å². The van der Waals surface area contributed by atoms with Crippen LogP contribution in [-0.4, -0.2) is 34.2 Å². The summed E-state index contributed by atoms with van der Waals surface area (Å²) in [7, 11) is 0. The molecule has 1 heterocycles. The van der Waals surface area contributed by atoms with E-state index in [2.05, 4.69) is 6.58 Å². The molecule has 0 aromatic rings. The molecule has 0 unspecified atom stereocenters. The van der Waals surface area contributed by atoms with E-state index in [1.807, 2.05) is 0 Å². The molecule has 0 radical (unpaired) electrons. The minimum atomic E-state index is -1.55. The highest BCUT2D eigenvalue weighted by molar-refractivity contribution is 5.95. The van der Waals surface area contributed by atoms with Crippen molar-refractivity contribution in [3.8, 4) is 0 Å². The smallest absolute Gasteiger partial charge is 0.323 e. The maximum Gasteiger partial charge on any atom is 0.323 e. The van der Waals surface area contributed by atoms with Gasteiger partial charge in [-0.25, -0.2) is 0 Å². The van der Waals surface area contributed by atoms with Crippen molar-refractivity contribution in [2.24, 2.45) is 11.3 Å². The van der Waals surface area contributed by atoms with Gasteiger partial charge in [-0.05, 0) is 12.3 Å². The topological polar surface area (TPSA) is 83.8 Å². The van der Waals surface area contributed by atoms with E-state index in [-0.39, 0.29) is 18.1 Å². The Kier molecular flexibility index (Phi) is 2.40. The lowest BCUT2D eigenvalue weighted by Crippen LogP contribution is -2.57. The number of hydrogen-bond acceptors (Lipinski definition) is 5. The van der Waals surface area contributed by atoms with Crippen LogP contribution in [0, 0.1) is 11.3 Å². The predicted octanol–water partition coefficient (Wildman–Crippen LogP) is -0.236. The van der Waals surface area contributed by atoms with Crippen LogP contribution < -0.4 is 0 Å². The maximum atomic E-state index is 11.8. The number of aliphatic hydroxyl groups is 2. The van der Waals surface area contributed by atoms with Crippen LogP contribution in [0.5, 0.6) is 0 Å². The summed E-state index contributed by atoms with van der Waals surface area (Å²) in [6.45, 7) is 5.13. The second kappa shape index (κ2) is 3.40. The number of carbonyl (C=O) groups is 2. The molecule has 2 aliphatic rings. The molecule has 1 saturated heterocycles. The number of rotatable bonds is 0. The Morgan fingerprint density at radius 3 is 2.50 bits per heavy atom. The van der Waals surface area contributed by atoms with Crippen molar-refractivity contribution in [2.45, 2.75) is 32.0 Å². The molecule has 0 bridgehead atoms. The van der Waals surface area contributed by atoms with Gasteiger partial charge < -0.3 is 14.9 Å². The molecule has 4 atom stereocenters. The molecule has 0 aromatic carbocycles. The van der Waals surface area contributed by atoms with Gasteiger partial charge in [0, 0.05) is 6.42 Å². The lowest BCUT2D eigenvalue weighted by molar-refractivity contribution is -0.170. The highest BCUT2D eigenvalue weighted by atomic mass is 16.6. The Morgan fingerprint density at radius 1 is 1.38 bits per heavy atom. The van der Waals surface area contributed by atoms with E-state index < -0.39 is 29.4 Å². The van der Waals surface area contributed by atoms with Gasteiger partial charge in [-0.2, -0.15) is 0 Å². The molecule has 1 aliphatic heterocycles. The highest BCUT2D eigenvalue weighted by Crippen LogP contribution is 2.49. The number of hydrogen-bond donors (Lipinski definition) is 2. The van der Waals surface area contributed by atoms with Crippen molar-refractivity contribution >= 4 is 11.8 Å². The third-order valence-electron chi connectivity index (χ3n) is 3.73. The average molecular weight is 226 g/mol. The van der Waals surface area contributed by atoms with Gasteiger partial charge in [-0.3, -0.25) is 9.59 Å². The van der Waals surface area contributed by atoms with Crippen molar-refractivity contribution < 1.29 is 24.5 Å². The van der Waals surface area contributed by atoms with Gasteiger partial charge in [0.25, 0.3) is 0 Å². The van der Waals surface area contributed by atoms with Crippen LogP contribution in [-0.2, 0) is 14.3 Å².